The van der Waals surface area contributed by atoms with Gasteiger partial charge in [-0.3, -0.25) is 9.59 Å². The molecule has 9 nitrogen and oxygen atoms in total. The normalized spacial score (nSPS) is 12.6. The minimum atomic E-state index is -0.435. The largest absolute Gasteiger partial charge is 0.497 e. The van der Waals surface area contributed by atoms with E-state index in [1.54, 1.807) is 31.4 Å². The van der Waals surface area contributed by atoms with Crippen molar-refractivity contribution in [2.45, 2.75) is 57.7 Å². The number of carbonyl (C=O) groups is 2. The Morgan fingerprint density at radius 1 is 0.972 bits per heavy atom. The molecule has 2 atom stereocenters. The topological polar surface area (TPSA) is 107 Å². The third-order valence-electron chi connectivity index (χ3n) is 5.13. The smallest absolute Gasteiger partial charge is 0.237 e. The molecular formula is C26H33N5O4S. The molecule has 0 aliphatic rings. The molecule has 0 fully saturated rings. The van der Waals surface area contributed by atoms with Gasteiger partial charge in [0, 0.05) is 24.8 Å². The number of nitrogens with one attached hydrogen (secondary N) is 2. The number of rotatable bonds is 11. The molecule has 3 aromatic rings. The number of hydrogen-bond donors (Lipinski definition) is 2. The van der Waals surface area contributed by atoms with Crippen molar-refractivity contribution in [3.05, 3.63) is 54.4 Å². The maximum absolute atomic E-state index is 12.9. The van der Waals surface area contributed by atoms with Crippen molar-refractivity contribution >= 4 is 35.0 Å². The van der Waals surface area contributed by atoms with Gasteiger partial charge in [0.25, 0.3) is 0 Å². The lowest BCUT2D eigenvalue weighted by molar-refractivity contribution is -0.115. The molecule has 2 amide bonds. The van der Waals surface area contributed by atoms with Crippen molar-refractivity contribution in [2.75, 3.05) is 17.7 Å². The third kappa shape index (κ3) is 7.48. The first-order chi connectivity index (χ1) is 17.2. The zero-order valence-electron chi connectivity index (χ0n) is 21.4. The van der Waals surface area contributed by atoms with Gasteiger partial charge in [0.05, 0.1) is 12.4 Å². The number of ether oxygens (including phenoxy) is 2. The van der Waals surface area contributed by atoms with Crippen LogP contribution < -0.4 is 20.1 Å². The fraction of sp³-hybridized carbons (Fsp3) is 0.385. The maximum atomic E-state index is 12.9. The molecule has 0 spiro atoms. The summed E-state index contributed by atoms with van der Waals surface area (Å²) in [6.07, 6.45) is -0.348. The minimum Gasteiger partial charge on any atom is -0.497 e. The lowest BCUT2D eigenvalue weighted by atomic mass is 10.2. The van der Waals surface area contributed by atoms with Crippen LogP contribution in [0.15, 0.2) is 53.7 Å². The van der Waals surface area contributed by atoms with E-state index in [2.05, 4.69) is 34.7 Å². The van der Waals surface area contributed by atoms with Gasteiger partial charge < -0.3 is 24.7 Å². The molecule has 1 aromatic heterocycles. The highest BCUT2D eigenvalue weighted by atomic mass is 32.2. The predicted octanol–water partition coefficient (Wildman–Crippen LogP) is 5.16. The number of methoxy groups -OCH3 is 1. The highest BCUT2D eigenvalue weighted by Gasteiger charge is 2.24. The fourth-order valence-corrected chi connectivity index (χ4v) is 4.33. The van der Waals surface area contributed by atoms with E-state index in [9.17, 15) is 9.59 Å². The maximum Gasteiger partial charge on any atom is 0.237 e. The van der Waals surface area contributed by atoms with Gasteiger partial charge in [-0.2, -0.15) is 0 Å². The van der Waals surface area contributed by atoms with Crippen LogP contribution in [0.1, 0.15) is 46.5 Å². The summed E-state index contributed by atoms with van der Waals surface area (Å²) in [6.45, 7) is 10.1. The number of amides is 2. The van der Waals surface area contributed by atoms with Crippen molar-refractivity contribution in [3.63, 3.8) is 0 Å². The molecule has 0 bridgehead atoms. The molecule has 0 saturated carbocycles. The molecule has 0 saturated heterocycles. The number of hydrogen-bond acceptors (Lipinski definition) is 7. The van der Waals surface area contributed by atoms with Gasteiger partial charge in [-0.15, -0.1) is 10.2 Å². The summed E-state index contributed by atoms with van der Waals surface area (Å²) in [6, 6.07) is 14.4. The minimum absolute atomic E-state index is 0.173. The molecule has 0 aliphatic carbocycles. The van der Waals surface area contributed by atoms with E-state index in [1.165, 1.54) is 18.7 Å². The monoisotopic (exact) mass is 511 g/mol. The van der Waals surface area contributed by atoms with Crippen LogP contribution in [0.25, 0.3) is 0 Å². The average molecular weight is 512 g/mol. The first-order valence-corrected chi connectivity index (χ1v) is 12.6. The number of aromatic nitrogens is 3. The number of nitrogens with zero attached hydrogens (tertiary/aromatic N) is 3. The zero-order valence-corrected chi connectivity index (χ0v) is 22.3. The molecule has 0 aliphatic heterocycles. The van der Waals surface area contributed by atoms with Gasteiger partial charge in [0.15, 0.2) is 17.1 Å². The zero-order chi connectivity index (χ0) is 26.2. The van der Waals surface area contributed by atoms with Crippen molar-refractivity contribution in [3.8, 4) is 11.5 Å². The van der Waals surface area contributed by atoms with Crippen LogP contribution in [0.5, 0.6) is 11.5 Å². The molecule has 2 unspecified atom stereocenters. The van der Waals surface area contributed by atoms with Gasteiger partial charge >= 0.3 is 0 Å². The van der Waals surface area contributed by atoms with E-state index < -0.39 is 5.25 Å². The Balaban J connectivity index is 1.72. The molecule has 2 N–H and O–H groups in total. The van der Waals surface area contributed by atoms with Gasteiger partial charge in [-0.25, -0.2) is 0 Å². The first kappa shape index (κ1) is 27.1. The summed E-state index contributed by atoms with van der Waals surface area (Å²) in [7, 11) is 1.62. The van der Waals surface area contributed by atoms with Crippen molar-refractivity contribution < 1.29 is 19.1 Å². The lowest BCUT2D eigenvalue weighted by Crippen LogP contribution is -2.23. The number of thioether (sulfide) groups is 1. The van der Waals surface area contributed by atoms with Crippen LogP contribution in [0.3, 0.4) is 0 Å². The van der Waals surface area contributed by atoms with Crippen LogP contribution in [0.4, 0.5) is 11.4 Å². The summed E-state index contributed by atoms with van der Waals surface area (Å²) in [5.41, 5.74) is 1.22. The quantitative estimate of drug-likeness (QED) is 0.342. The van der Waals surface area contributed by atoms with Crippen LogP contribution in [-0.4, -0.2) is 38.9 Å². The molecule has 0 radical (unpaired) electrons. The van der Waals surface area contributed by atoms with E-state index >= 15 is 0 Å². The average Bonchev–Trinajstić information content (AvgIpc) is 3.20. The second kappa shape index (κ2) is 12.4. The van der Waals surface area contributed by atoms with Crippen molar-refractivity contribution in [1.82, 2.24) is 14.8 Å². The second-order valence-electron chi connectivity index (χ2n) is 8.79. The Hall–Kier alpha value is -3.53. The SMILES string of the molecule is COc1ccc(OC(C)c2nnc(SC(C)C(=O)Nc3cccc(NC(C)=O)c3)n2CC(C)C)cc1. The summed E-state index contributed by atoms with van der Waals surface area (Å²) in [4.78, 5) is 24.2. The molecular weight excluding hydrogens is 478 g/mol. The third-order valence-corrected chi connectivity index (χ3v) is 6.21. The van der Waals surface area contributed by atoms with Crippen LogP contribution in [0.2, 0.25) is 0 Å². The Labute approximate surface area is 216 Å². The molecule has 1 heterocycles. The highest BCUT2D eigenvalue weighted by molar-refractivity contribution is 8.00. The number of benzene rings is 2. The summed E-state index contributed by atoms with van der Waals surface area (Å²) in [5.74, 6) is 2.14. The van der Waals surface area contributed by atoms with E-state index in [-0.39, 0.29) is 17.9 Å². The van der Waals surface area contributed by atoms with Crippen LogP contribution >= 0.6 is 11.8 Å². The van der Waals surface area contributed by atoms with E-state index in [0.29, 0.717) is 40.6 Å². The Morgan fingerprint density at radius 3 is 2.22 bits per heavy atom. The summed E-state index contributed by atoms with van der Waals surface area (Å²) >= 11 is 1.34. The Kier molecular flexibility index (Phi) is 9.35. The molecule has 3 rings (SSSR count). The fourth-order valence-electron chi connectivity index (χ4n) is 3.47. The van der Waals surface area contributed by atoms with Crippen LogP contribution in [0, 0.1) is 5.92 Å². The van der Waals surface area contributed by atoms with Gasteiger partial charge in [0.1, 0.15) is 11.5 Å². The van der Waals surface area contributed by atoms with Gasteiger partial charge in [-0.05, 0) is 62.2 Å². The van der Waals surface area contributed by atoms with Crippen LogP contribution in [-0.2, 0) is 16.1 Å². The van der Waals surface area contributed by atoms with Gasteiger partial charge in [-0.1, -0.05) is 31.7 Å². The molecule has 2 aromatic carbocycles. The summed E-state index contributed by atoms with van der Waals surface area (Å²) < 4.78 is 13.3. The Bertz CT molecular complexity index is 1180. The highest BCUT2D eigenvalue weighted by Crippen LogP contribution is 2.29. The Morgan fingerprint density at radius 2 is 1.61 bits per heavy atom. The van der Waals surface area contributed by atoms with Crippen molar-refractivity contribution in [2.24, 2.45) is 5.92 Å². The van der Waals surface area contributed by atoms with Gasteiger partial charge in [0.2, 0.25) is 11.8 Å². The molecule has 10 heteroatoms. The second-order valence-corrected chi connectivity index (χ2v) is 10.1. The van der Waals surface area contributed by atoms with E-state index in [4.69, 9.17) is 9.47 Å². The standard InChI is InChI=1S/C26H33N5O4S/c1-16(2)15-31-24(17(3)35-23-12-10-22(34-6)11-13-23)29-30-26(31)36-18(4)25(33)28-21-9-7-8-20(14-21)27-19(5)32/h7-14,16-18H,15H2,1-6H3,(H,27,32)(H,28,33). The molecule has 192 valence electrons. The predicted molar refractivity (Wildman–Crippen MR) is 142 cm³/mol. The summed E-state index contributed by atoms with van der Waals surface area (Å²) in [5, 5.41) is 14.6. The van der Waals surface area contributed by atoms with Crippen molar-refractivity contribution in [1.29, 1.82) is 0 Å². The van der Waals surface area contributed by atoms with E-state index in [0.717, 1.165) is 5.75 Å². The number of carbonyl (C=O) groups excluding carboxylic acids is 2. The number of anilines is 2. The van der Waals surface area contributed by atoms with E-state index in [1.807, 2.05) is 42.7 Å². The lowest BCUT2D eigenvalue weighted by Gasteiger charge is -2.19. The molecule has 36 heavy (non-hydrogen) atoms. The first-order valence-electron chi connectivity index (χ1n) is 11.7.